The minimum atomic E-state index is -1.08. The zero-order valence-electron chi connectivity index (χ0n) is 17.0. The number of hydrogen-bond acceptors (Lipinski definition) is 7. The molecule has 2 aromatic heterocycles. The molecule has 2 saturated heterocycles. The number of nitrogens with one attached hydrogen (secondary N) is 1. The second-order valence-corrected chi connectivity index (χ2v) is 8.20. The number of fused-ring (bicyclic) bond motifs is 2. The van der Waals surface area contributed by atoms with Crippen LogP contribution in [0.4, 0.5) is 4.39 Å². The van der Waals surface area contributed by atoms with Crippen LogP contribution >= 0.6 is 0 Å². The molecule has 3 aromatic rings. The van der Waals surface area contributed by atoms with E-state index in [9.17, 15) is 14.3 Å². The van der Waals surface area contributed by atoms with Crippen molar-refractivity contribution < 1.29 is 18.7 Å². The van der Waals surface area contributed by atoms with Crippen molar-refractivity contribution in [2.45, 2.75) is 50.0 Å². The van der Waals surface area contributed by atoms with Gasteiger partial charge in [-0.2, -0.15) is 0 Å². The molecular weight excluding hydrogens is 403 g/mol. The van der Waals surface area contributed by atoms with E-state index in [0.717, 1.165) is 19.3 Å². The van der Waals surface area contributed by atoms with Gasteiger partial charge in [-0.15, -0.1) is 10.2 Å². The number of ether oxygens (including phenoxy) is 1. The fourth-order valence-corrected chi connectivity index (χ4v) is 4.41. The van der Waals surface area contributed by atoms with Gasteiger partial charge in [-0.1, -0.05) is 12.5 Å². The molecule has 2 fully saturated rings. The fraction of sp³-hybridized carbons (Fsp3) is 0.409. The lowest BCUT2D eigenvalue weighted by Gasteiger charge is -2.42. The van der Waals surface area contributed by atoms with Crippen LogP contribution in [0.3, 0.4) is 0 Å². The second kappa shape index (κ2) is 7.81. The molecule has 0 aliphatic carbocycles. The zero-order chi connectivity index (χ0) is 21.5. The molecule has 8 nitrogen and oxygen atoms in total. The number of phenolic OH excluding ortho intramolecular Hbond substituents is 1. The summed E-state index contributed by atoms with van der Waals surface area (Å²) in [6, 6.07) is 8.34. The van der Waals surface area contributed by atoms with Crippen LogP contribution < -0.4 is 15.8 Å². The Morgan fingerprint density at radius 2 is 2.13 bits per heavy atom. The zero-order valence-corrected chi connectivity index (χ0v) is 17.0. The summed E-state index contributed by atoms with van der Waals surface area (Å²) in [6.07, 6.45) is 3.45. The van der Waals surface area contributed by atoms with Gasteiger partial charge in [0, 0.05) is 42.7 Å². The summed E-state index contributed by atoms with van der Waals surface area (Å²) in [6.45, 7) is 0. The fourth-order valence-electron chi connectivity index (χ4n) is 4.41. The number of aryl methyl sites for hydroxylation is 1. The highest BCUT2D eigenvalue weighted by atomic mass is 19.1. The van der Waals surface area contributed by atoms with E-state index in [1.165, 1.54) is 10.6 Å². The van der Waals surface area contributed by atoms with Gasteiger partial charge in [-0.25, -0.2) is 9.18 Å². The molecule has 9 heteroatoms. The first-order chi connectivity index (χ1) is 15.0. The van der Waals surface area contributed by atoms with Gasteiger partial charge in [0.05, 0.1) is 11.9 Å². The van der Waals surface area contributed by atoms with Gasteiger partial charge < -0.3 is 19.6 Å². The van der Waals surface area contributed by atoms with Gasteiger partial charge in [-0.3, -0.25) is 4.57 Å². The minimum Gasteiger partial charge on any atom is -0.507 e. The Hall–Kier alpha value is -3.20. The number of aromatic nitrogens is 3. The van der Waals surface area contributed by atoms with E-state index in [2.05, 4.69) is 15.5 Å². The minimum absolute atomic E-state index is 0.0260. The first-order valence-electron chi connectivity index (χ1n) is 10.4. The Morgan fingerprint density at radius 1 is 1.26 bits per heavy atom. The van der Waals surface area contributed by atoms with Crippen molar-refractivity contribution in [1.29, 1.82) is 0 Å². The first-order valence-corrected chi connectivity index (χ1v) is 10.4. The summed E-state index contributed by atoms with van der Waals surface area (Å²) in [5.74, 6) is 0.116. The number of rotatable bonds is 4. The summed E-state index contributed by atoms with van der Waals surface area (Å²) < 4.78 is 27.0. The van der Waals surface area contributed by atoms with E-state index in [1.54, 1.807) is 37.5 Å². The quantitative estimate of drug-likeness (QED) is 0.661. The van der Waals surface area contributed by atoms with Gasteiger partial charge in [0.25, 0.3) is 0 Å². The van der Waals surface area contributed by atoms with Crippen molar-refractivity contribution in [3.05, 3.63) is 47.1 Å². The van der Waals surface area contributed by atoms with Gasteiger partial charge in [0.1, 0.15) is 11.9 Å². The average Bonchev–Trinajstić information content (AvgIpc) is 3.11. The third-order valence-electron chi connectivity index (χ3n) is 6.04. The molecule has 2 bridgehead atoms. The summed E-state index contributed by atoms with van der Waals surface area (Å²) in [4.78, 5) is 11.5. The highest BCUT2D eigenvalue weighted by Crippen LogP contribution is 2.33. The van der Waals surface area contributed by atoms with E-state index in [1.807, 2.05) is 0 Å². The number of nitrogens with zero attached hydrogens (tertiary/aromatic N) is 3. The Labute approximate surface area is 177 Å². The topological polar surface area (TPSA) is 102 Å². The number of phenols is 1. The summed E-state index contributed by atoms with van der Waals surface area (Å²) >= 11 is 0. The van der Waals surface area contributed by atoms with E-state index in [0.29, 0.717) is 29.0 Å². The highest BCUT2D eigenvalue weighted by Gasteiger charge is 2.41. The monoisotopic (exact) mass is 426 g/mol. The molecule has 0 spiro atoms. The van der Waals surface area contributed by atoms with Gasteiger partial charge in [-0.05, 0) is 31.0 Å². The molecule has 5 rings (SSSR count). The highest BCUT2D eigenvalue weighted by molar-refractivity contribution is 5.72. The van der Waals surface area contributed by atoms with Crippen LogP contribution in [0.1, 0.15) is 25.7 Å². The van der Waals surface area contributed by atoms with Crippen LogP contribution in [0.5, 0.6) is 11.6 Å². The second-order valence-electron chi connectivity index (χ2n) is 8.20. The van der Waals surface area contributed by atoms with E-state index in [-0.39, 0.29) is 23.7 Å². The first kappa shape index (κ1) is 19.7. The molecule has 1 aromatic carbocycles. The Kier molecular flexibility index (Phi) is 4.97. The smallest absolute Gasteiger partial charge is 0.419 e. The molecule has 4 atom stereocenters. The standard InChI is InChI=1S/C22H23FN4O4/c1-27-11-19(31-22(27)29)12-5-6-14(17(28)9-12)15-7-8-20(26-25-15)30-18-10-13-3-2-4-16(24-13)21(18)23/h5-9,11,13,16,18,21,24,28H,2-4,10H2,1H3/t13-,16+,18-,21+/m1/s1. The maximum absolute atomic E-state index is 14.7. The molecule has 0 unspecified atom stereocenters. The molecule has 0 amide bonds. The van der Waals surface area contributed by atoms with Crippen LogP contribution in [0, 0.1) is 0 Å². The number of benzene rings is 1. The molecule has 162 valence electrons. The molecule has 4 heterocycles. The third-order valence-corrected chi connectivity index (χ3v) is 6.04. The van der Waals surface area contributed by atoms with Gasteiger partial charge in [0.2, 0.25) is 5.88 Å². The number of hydrogen-bond donors (Lipinski definition) is 2. The van der Waals surface area contributed by atoms with Crippen molar-refractivity contribution in [2.75, 3.05) is 0 Å². The van der Waals surface area contributed by atoms with Gasteiger partial charge >= 0.3 is 5.76 Å². The SMILES string of the molecule is Cn1cc(-c2ccc(-c3ccc(O[C@@H]4C[C@H]5CCC[C@H](N5)[C@@H]4F)nn3)c(O)c2)oc1=O. The number of alkyl halides is 1. The number of oxazole rings is 1. The molecule has 2 aliphatic rings. The average molecular weight is 426 g/mol. The Bertz CT molecular complexity index is 1140. The third kappa shape index (κ3) is 3.81. The Balaban J connectivity index is 1.32. The predicted octanol–water partition coefficient (Wildman–Crippen LogP) is 2.81. The lowest BCUT2D eigenvalue weighted by atomic mass is 9.84. The lowest BCUT2D eigenvalue weighted by molar-refractivity contribution is 0.00652. The maximum Gasteiger partial charge on any atom is 0.419 e. The lowest BCUT2D eigenvalue weighted by Crippen LogP contribution is -2.59. The molecule has 0 radical (unpaired) electrons. The van der Waals surface area contributed by atoms with Crippen LogP contribution in [-0.4, -0.2) is 44.2 Å². The largest absolute Gasteiger partial charge is 0.507 e. The van der Waals surface area contributed by atoms with Crippen LogP contribution in [0.25, 0.3) is 22.6 Å². The van der Waals surface area contributed by atoms with Gasteiger partial charge in [0.15, 0.2) is 11.9 Å². The predicted molar refractivity (Wildman–Crippen MR) is 111 cm³/mol. The summed E-state index contributed by atoms with van der Waals surface area (Å²) in [5, 5.41) is 22.0. The van der Waals surface area contributed by atoms with Crippen molar-refractivity contribution in [3.8, 4) is 34.2 Å². The van der Waals surface area contributed by atoms with E-state index >= 15 is 0 Å². The van der Waals surface area contributed by atoms with Crippen molar-refractivity contribution in [2.24, 2.45) is 7.05 Å². The normalized spacial score (nSPS) is 25.4. The van der Waals surface area contributed by atoms with E-state index < -0.39 is 18.0 Å². The number of aromatic hydroxyl groups is 1. The molecule has 2 aliphatic heterocycles. The molecule has 2 N–H and O–H groups in total. The van der Waals surface area contributed by atoms with Crippen LogP contribution in [0.2, 0.25) is 0 Å². The molecular formula is C22H23FN4O4. The van der Waals surface area contributed by atoms with Crippen LogP contribution in [0.15, 0.2) is 45.7 Å². The summed E-state index contributed by atoms with van der Waals surface area (Å²) in [5.41, 5.74) is 1.49. The van der Waals surface area contributed by atoms with Crippen molar-refractivity contribution in [3.63, 3.8) is 0 Å². The van der Waals surface area contributed by atoms with Crippen LogP contribution in [-0.2, 0) is 7.05 Å². The maximum atomic E-state index is 14.7. The summed E-state index contributed by atoms with van der Waals surface area (Å²) in [7, 11) is 1.59. The van der Waals surface area contributed by atoms with Crippen molar-refractivity contribution in [1.82, 2.24) is 20.1 Å². The Morgan fingerprint density at radius 3 is 2.84 bits per heavy atom. The molecule has 0 saturated carbocycles. The number of halogens is 1. The molecule has 31 heavy (non-hydrogen) atoms. The van der Waals surface area contributed by atoms with E-state index in [4.69, 9.17) is 9.15 Å². The van der Waals surface area contributed by atoms with Crippen molar-refractivity contribution >= 4 is 0 Å². The number of piperidine rings is 2.